The standard InChI is InChI=1S/C9H8F5N/c1-4(9(13)14)15-8-6(11)2-5(10)3-7(8)12/h2-4,9,15H,1H3. The maximum Gasteiger partial charge on any atom is 0.258 e. The molecule has 1 unspecified atom stereocenters. The molecule has 1 rings (SSSR count). The summed E-state index contributed by atoms with van der Waals surface area (Å²) >= 11 is 0. The second-order valence-electron chi connectivity index (χ2n) is 3.01. The molecule has 0 radical (unpaired) electrons. The molecule has 0 fully saturated rings. The van der Waals surface area contributed by atoms with Gasteiger partial charge in [-0.2, -0.15) is 0 Å². The number of anilines is 1. The van der Waals surface area contributed by atoms with Crippen LogP contribution in [0, 0.1) is 17.5 Å². The lowest BCUT2D eigenvalue weighted by Crippen LogP contribution is -2.25. The minimum Gasteiger partial charge on any atom is -0.372 e. The van der Waals surface area contributed by atoms with Gasteiger partial charge in [0.2, 0.25) is 0 Å². The van der Waals surface area contributed by atoms with Crippen LogP contribution in [0.25, 0.3) is 0 Å². The minimum atomic E-state index is -2.77. The van der Waals surface area contributed by atoms with Gasteiger partial charge in [0.25, 0.3) is 6.43 Å². The second-order valence-corrected chi connectivity index (χ2v) is 3.01. The molecule has 15 heavy (non-hydrogen) atoms. The van der Waals surface area contributed by atoms with E-state index in [1.54, 1.807) is 0 Å². The van der Waals surface area contributed by atoms with Crippen molar-refractivity contribution in [1.82, 2.24) is 0 Å². The summed E-state index contributed by atoms with van der Waals surface area (Å²) in [4.78, 5) is 0. The Balaban J connectivity index is 2.95. The molecule has 84 valence electrons. The Kier molecular flexibility index (Phi) is 3.49. The van der Waals surface area contributed by atoms with Crippen molar-refractivity contribution in [2.45, 2.75) is 19.4 Å². The summed E-state index contributed by atoms with van der Waals surface area (Å²) in [5, 5.41) is 1.94. The van der Waals surface area contributed by atoms with Crippen LogP contribution in [0.4, 0.5) is 27.6 Å². The zero-order valence-electron chi connectivity index (χ0n) is 7.70. The van der Waals surface area contributed by atoms with E-state index in [1.165, 1.54) is 0 Å². The molecule has 0 saturated carbocycles. The Morgan fingerprint density at radius 2 is 1.53 bits per heavy atom. The molecule has 0 spiro atoms. The van der Waals surface area contributed by atoms with Gasteiger partial charge in [-0.15, -0.1) is 0 Å². The molecule has 6 heteroatoms. The molecule has 1 atom stereocenters. The molecule has 1 aromatic carbocycles. The zero-order chi connectivity index (χ0) is 11.6. The van der Waals surface area contributed by atoms with Gasteiger partial charge in [-0.1, -0.05) is 0 Å². The van der Waals surface area contributed by atoms with Gasteiger partial charge in [-0.25, -0.2) is 22.0 Å². The summed E-state index contributed by atoms with van der Waals surface area (Å²) in [5.74, 6) is -3.57. The third-order valence-electron chi connectivity index (χ3n) is 1.76. The molecule has 0 bridgehead atoms. The van der Waals surface area contributed by atoms with E-state index in [0.29, 0.717) is 12.1 Å². The van der Waals surface area contributed by atoms with Gasteiger partial charge in [0, 0.05) is 12.1 Å². The van der Waals surface area contributed by atoms with Gasteiger partial charge >= 0.3 is 0 Å². The summed E-state index contributed by atoms with van der Waals surface area (Å²) in [6.07, 6.45) is -2.77. The second kappa shape index (κ2) is 4.46. The molecule has 0 saturated heterocycles. The number of hydrogen-bond acceptors (Lipinski definition) is 1. The predicted octanol–water partition coefficient (Wildman–Crippen LogP) is 3.17. The smallest absolute Gasteiger partial charge is 0.258 e. The third-order valence-corrected chi connectivity index (χ3v) is 1.76. The first-order valence-electron chi connectivity index (χ1n) is 4.11. The van der Waals surface area contributed by atoms with Gasteiger partial charge in [0.1, 0.15) is 11.5 Å². The SMILES string of the molecule is CC(Nc1c(F)cc(F)cc1F)C(F)F. The predicted molar refractivity (Wildman–Crippen MR) is 45.4 cm³/mol. The molecule has 1 aromatic rings. The lowest BCUT2D eigenvalue weighted by molar-refractivity contribution is 0.130. The van der Waals surface area contributed by atoms with Crippen LogP contribution < -0.4 is 5.32 Å². The summed E-state index contributed by atoms with van der Waals surface area (Å²) in [5.41, 5.74) is -0.746. The molecule has 1 nitrogen and oxygen atoms in total. The molecule has 0 heterocycles. The first kappa shape index (κ1) is 11.7. The highest BCUT2D eigenvalue weighted by Gasteiger charge is 2.19. The van der Waals surface area contributed by atoms with Crippen LogP contribution in [-0.4, -0.2) is 12.5 Å². The van der Waals surface area contributed by atoms with E-state index >= 15 is 0 Å². The quantitative estimate of drug-likeness (QED) is 0.779. The zero-order valence-corrected chi connectivity index (χ0v) is 7.70. The summed E-state index contributed by atoms with van der Waals surface area (Å²) in [6.45, 7) is 1.06. The van der Waals surface area contributed by atoms with Crippen molar-refractivity contribution < 1.29 is 22.0 Å². The average molecular weight is 225 g/mol. The highest BCUT2D eigenvalue weighted by molar-refractivity contribution is 5.47. The highest BCUT2D eigenvalue weighted by atomic mass is 19.3. The maximum absolute atomic E-state index is 12.9. The van der Waals surface area contributed by atoms with Gasteiger partial charge < -0.3 is 5.32 Å². The van der Waals surface area contributed by atoms with Crippen LogP contribution >= 0.6 is 0 Å². The Bertz CT molecular complexity index is 329. The van der Waals surface area contributed by atoms with Crippen molar-refractivity contribution in [3.05, 3.63) is 29.6 Å². The van der Waals surface area contributed by atoms with Crippen molar-refractivity contribution in [2.24, 2.45) is 0 Å². The Hall–Kier alpha value is -1.33. The summed E-state index contributed by atoms with van der Waals surface area (Å²) < 4.78 is 62.5. The molecular formula is C9H8F5N. The van der Waals surface area contributed by atoms with Crippen molar-refractivity contribution >= 4 is 5.69 Å². The third kappa shape index (κ3) is 2.81. The monoisotopic (exact) mass is 225 g/mol. The van der Waals surface area contributed by atoms with E-state index in [1.807, 2.05) is 5.32 Å². The number of hydrogen-bond donors (Lipinski definition) is 1. The fourth-order valence-electron chi connectivity index (χ4n) is 0.971. The lowest BCUT2D eigenvalue weighted by Gasteiger charge is -2.15. The molecule has 1 N–H and O–H groups in total. The van der Waals surface area contributed by atoms with E-state index in [0.717, 1.165) is 6.92 Å². The average Bonchev–Trinajstić information content (AvgIpc) is 2.10. The largest absolute Gasteiger partial charge is 0.372 e. The minimum absolute atomic E-state index is 0.420. The van der Waals surface area contributed by atoms with Crippen LogP contribution in [0.15, 0.2) is 12.1 Å². The Morgan fingerprint density at radius 1 is 1.07 bits per heavy atom. The van der Waals surface area contributed by atoms with Crippen LogP contribution in [0.1, 0.15) is 6.92 Å². The molecule has 0 aliphatic rings. The molecule has 0 aliphatic heterocycles. The molecular weight excluding hydrogens is 217 g/mol. The fourth-order valence-corrected chi connectivity index (χ4v) is 0.971. The van der Waals surface area contributed by atoms with Gasteiger partial charge in [0.05, 0.1) is 6.04 Å². The number of rotatable bonds is 3. The highest BCUT2D eigenvalue weighted by Crippen LogP contribution is 2.21. The molecule has 0 aromatic heterocycles. The van der Waals surface area contributed by atoms with Crippen LogP contribution in [0.3, 0.4) is 0 Å². The normalized spacial score (nSPS) is 13.0. The van der Waals surface area contributed by atoms with Crippen LogP contribution in [0.2, 0.25) is 0 Å². The first-order chi connectivity index (χ1) is 6.91. The molecule has 0 amide bonds. The van der Waals surface area contributed by atoms with Crippen LogP contribution in [0.5, 0.6) is 0 Å². The van der Waals surface area contributed by atoms with Gasteiger partial charge in [-0.3, -0.25) is 0 Å². The summed E-state index contributed by atoms with van der Waals surface area (Å²) in [7, 11) is 0. The summed E-state index contributed by atoms with van der Waals surface area (Å²) in [6, 6.07) is -0.577. The maximum atomic E-state index is 12.9. The van der Waals surface area contributed by atoms with E-state index in [-0.39, 0.29) is 0 Å². The first-order valence-corrected chi connectivity index (χ1v) is 4.11. The van der Waals surface area contributed by atoms with Crippen molar-refractivity contribution in [3.63, 3.8) is 0 Å². The van der Waals surface area contributed by atoms with Gasteiger partial charge in [-0.05, 0) is 6.92 Å². The van der Waals surface area contributed by atoms with E-state index in [2.05, 4.69) is 0 Å². The van der Waals surface area contributed by atoms with Gasteiger partial charge in [0.15, 0.2) is 11.6 Å². The fraction of sp³-hybridized carbons (Fsp3) is 0.333. The van der Waals surface area contributed by atoms with E-state index in [4.69, 9.17) is 0 Å². The number of benzene rings is 1. The van der Waals surface area contributed by atoms with E-state index < -0.39 is 35.6 Å². The topological polar surface area (TPSA) is 12.0 Å². The van der Waals surface area contributed by atoms with Crippen LogP contribution in [-0.2, 0) is 0 Å². The molecule has 0 aliphatic carbocycles. The van der Waals surface area contributed by atoms with Crippen molar-refractivity contribution in [1.29, 1.82) is 0 Å². The van der Waals surface area contributed by atoms with E-state index in [9.17, 15) is 22.0 Å². The number of halogens is 5. The Labute approximate surface area is 82.9 Å². The lowest BCUT2D eigenvalue weighted by atomic mass is 10.2. The Morgan fingerprint density at radius 3 is 1.93 bits per heavy atom. The van der Waals surface area contributed by atoms with Crippen molar-refractivity contribution in [2.75, 3.05) is 5.32 Å². The number of alkyl halides is 2. The number of nitrogens with one attached hydrogen (secondary N) is 1. The van der Waals surface area contributed by atoms with Crippen molar-refractivity contribution in [3.8, 4) is 0 Å².